The molecule has 74 valence electrons. The van der Waals surface area contributed by atoms with Gasteiger partial charge in [-0.3, -0.25) is 9.59 Å². The fourth-order valence-corrected chi connectivity index (χ4v) is 0.714. The van der Waals surface area contributed by atoms with E-state index in [2.05, 4.69) is 0 Å². The number of para-hydroxylation sites is 1. The van der Waals surface area contributed by atoms with Crippen LogP contribution in [0.4, 0.5) is 0 Å². The first-order valence-corrected chi connectivity index (χ1v) is 3.56. The third-order valence-electron chi connectivity index (χ3n) is 1.29. The number of phenols is 1. The summed E-state index contributed by atoms with van der Waals surface area (Å²) in [7, 11) is 0. The van der Waals surface area contributed by atoms with Crippen LogP contribution in [0.2, 0.25) is 0 Å². The number of nitrogens with one attached hydrogen (secondary N) is 1. The van der Waals surface area contributed by atoms with Crippen molar-refractivity contribution in [3.05, 3.63) is 29.7 Å². The Kier molecular flexibility index (Phi) is 1.72. The molecule has 0 aromatic heterocycles. The Morgan fingerprint density at radius 3 is 2.71 bits per heavy atom. The number of carboxylic acid groups (broad SMARTS) is 1. The van der Waals surface area contributed by atoms with Crippen molar-refractivity contribution in [2.75, 3.05) is 6.54 Å². The van der Waals surface area contributed by atoms with Crippen LogP contribution < -0.4 is 5.32 Å². The van der Waals surface area contributed by atoms with Crippen molar-refractivity contribution in [1.82, 2.24) is 5.32 Å². The summed E-state index contributed by atoms with van der Waals surface area (Å²) in [5.74, 6) is -3.31. The third-order valence-corrected chi connectivity index (χ3v) is 1.29. The van der Waals surface area contributed by atoms with Crippen LogP contribution in [-0.2, 0) is 4.79 Å². The van der Waals surface area contributed by atoms with Gasteiger partial charge in [-0.1, -0.05) is 12.1 Å². The van der Waals surface area contributed by atoms with Gasteiger partial charge in [0.1, 0.15) is 12.3 Å². The van der Waals surface area contributed by atoms with Crippen LogP contribution in [0.25, 0.3) is 0 Å². The largest absolute Gasteiger partial charge is 0.507 e. The van der Waals surface area contributed by atoms with Gasteiger partial charge in [0.2, 0.25) is 0 Å². The molecule has 0 spiro atoms. The van der Waals surface area contributed by atoms with Crippen molar-refractivity contribution in [2.24, 2.45) is 0 Å². The lowest BCUT2D eigenvalue weighted by Gasteiger charge is -2.03. The zero-order valence-corrected chi connectivity index (χ0v) is 6.92. The van der Waals surface area contributed by atoms with Crippen LogP contribution in [0.15, 0.2) is 24.2 Å². The van der Waals surface area contributed by atoms with Crippen LogP contribution in [0.1, 0.15) is 15.8 Å². The van der Waals surface area contributed by atoms with Gasteiger partial charge in [0.05, 0.1) is 11.0 Å². The number of carbonyl (C=O) groups excluding carboxylic acids is 1. The van der Waals surface area contributed by atoms with E-state index in [1.807, 2.05) is 5.32 Å². The minimum Gasteiger partial charge on any atom is -0.507 e. The first-order valence-electron chi connectivity index (χ1n) is 5.56. The molecule has 3 N–H and O–H groups in total. The van der Waals surface area contributed by atoms with E-state index < -0.39 is 53.9 Å². The summed E-state index contributed by atoms with van der Waals surface area (Å²) in [5, 5.41) is 19.8. The molecular formula is C9H9NO4. The maximum absolute atomic E-state index is 11.5. The predicted molar refractivity (Wildman–Crippen MR) is 48.1 cm³/mol. The molecule has 0 aliphatic heterocycles. The molecule has 0 radical (unpaired) electrons. The Morgan fingerprint density at radius 2 is 2.07 bits per heavy atom. The lowest BCUT2D eigenvalue weighted by Crippen LogP contribution is -2.29. The highest BCUT2D eigenvalue weighted by atomic mass is 16.4. The molecule has 0 aliphatic rings. The summed E-state index contributed by atoms with van der Waals surface area (Å²) >= 11 is 0. The van der Waals surface area contributed by atoms with E-state index in [0.717, 1.165) is 0 Å². The van der Waals surface area contributed by atoms with Crippen LogP contribution in [-0.4, -0.2) is 28.6 Å². The highest BCUT2D eigenvalue weighted by Gasteiger charge is 2.10. The number of aliphatic carboxylic acids is 1. The van der Waals surface area contributed by atoms with Crippen molar-refractivity contribution >= 4 is 11.9 Å². The molecule has 0 aliphatic carbocycles. The van der Waals surface area contributed by atoms with Gasteiger partial charge in [-0.25, -0.2) is 0 Å². The predicted octanol–water partition coefficient (Wildman–Crippen LogP) is 0.207. The highest BCUT2D eigenvalue weighted by Crippen LogP contribution is 2.14. The number of phenolic OH excluding ortho intramolecular Hbond substituents is 1. The molecule has 14 heavy (non-hydrogen) atoms. The van der Waals surface area contributed by atoms with Crippen molar-refractivity contribution in [2.45, 2.75) is 0 Å². The van der Waals surface area contributed by atoms with Gasteiger partial charge in [-0.2, -0.15) is 0 Å². The number of hydrogen-bond acceptors (Lipinski definition) is 3. The average molecular weight is 199 g/mol. The lowest BCUT2D eigenvalue weighted by molar-refractivity contribution is -0.135. The van der Waals surface area contributed by atoms with Crippen molar-refractivity contribution in [3.8, 4) is 5.75 Å². The van der Waals surface area contributed by atoms with Crippen LogP contribution in [0.5, 0.6) is 5.75 Å². The number of carbonyl (C=O) groups is 2. The smallest absolute Gasteiger partial charge is 0.322 e. The molecule has 1 rings (SSSR count). The zero-order chi connectivity index (χ0) is 14.0. The average Bonchev–Trinajstić information content (AvgIpc) is 2.31. The standard InChI is InChI=1S/C9H9NO4/c11-7-4-2-1-3-6(7)9(14)10-5-8(12)13/h1-4,11H,5H2,(H,10,14)(H,12,13)/i1D,2D,3D,4D. The summed E-state index contributed by atoms with van der Waals surface area (Å²) in [6, 6.07) is -2.83. The Bertz CT molecular complexity index is 503. The monoisotopic (exact) mass is 199 g/mol. The number of rotatable bonds is 3. The van der Waals surface area contributed by atoms with Crippen molar-refractivity contribution in [3.63, 3.8) is 0 Å². The quantitative estimate of drug-likeness (QED) is 0.649. The van der Waals surface area contributed by atoms with Gasteiger partial charge >= 0.3 is 5.97 Å². The number of aromatic hydroxyl groups is 1. The van der Waals surface area contributed by atoms with E-state index in [4.69, 9.17) is 10.6 Å². The maximum Gasteiger partial charge on any atom is 0.322 e. The molecule has 0 heterocycles. The molecule has 0 atom stereocenters. The molecule has 0 saturated heterocycles. The van der Waals surface area contributed by atoms with Gasteiger partial charge in [-0.05, 0) is 12.1 Å². The number of amides is 1. The molecule has 0 bridgehead atoms. The molecule has 5 nitrogen and oxygen atoms in total. The SMILES string of the molecule is [2H]c1c([2H])c([2H])c(C(=O)NCC(=O)O)c(O)c1[2H]. The van der Waals surface area contributed by atoms with Gasteiger partial charge in [0.25, 0.3) is 5.91 Å². The van der Waals surface area contributed by atoms with Gasteiger partial charge in [0.15, 0.2) is 0 Å². The van der Waals surface area contributed by atoms with Crippen molar-refractivity contribution in [1.29, 1.82) is 0 Å². The summed E-state index contributed by atoms with van der Waals surface area (Å²) < 4.78 is 29.3. The fraction of sp³-hybridized carbons (Fsp3) is 0.111. The summed E-state index contributed by atoms with van der Waals surface area (Å²) in [4.78, 5) is 21.8. The van der Waals surface area contributed by atoms with Crippen LogP contribution >= 0.6 is 0 Å². The molecule has 0 fully saturated rings. The minimum atomic E-state index is -1.32. The summed E-state index contributed by atoms with van der Waals surface area (Å²) in [6.07, 6.45) is 0. The molecule has 1 aromatic rings. The molecular weight excluding hydrogens is 186 g/mol. The number of hydrogen-bond donors (Lipinski definition) is 3. The highest BCUT2D eigenvalue weighted by molar-refractivity contribution is 5.98. The Hall–Kier alpha value is -2.04. The Labute approximate surface area is 85.6 Å². The van der Waals surface area contributed by atoms with E-state index in [-0.39, 0.29) is 0 Å². The van der Waals surface area contributed by atoms with E-state index in [1.54, 1.807) is 0 Å². The zero-order valence-electron chi connectivity index (χ0n) is 10.9. The lowest BCUT2D eigenvalue weighted by atomic mass is 10.2. The first-order chi connectivity index (χ1) is 8.27. The van der Waals surface area contributed by atoms with Gasteiger partial charge in [0, 0.05) is 0 Å². The van der Waals surface area contributed by atoms with Gasteiger partial charge in [-0.15, -0.1) is 0 Å². The summed E-state index contributed by atoms with van der Waals surface area (Å²) in [6.45, 7) is -0.721. The van der Waals surface area contributed by atoms with Crippen LogP contribution in [0, 0.1) is 0 Å². The fourth-order valence-electron chi connectivity index (χ4n) is 0.714. The maximum atomic E-state index is 11.5. The number of benzene rings is 1. The molecule has 0 saturated carbocycles. The first kappa shape index (κ1) is 5.64. The molecule has 1 amide bonds. The van der Waals surface area contributed by atoms with E-state index >= 15 is 0 Å². The second-order valence-corrected chi connectivity index (χ2v) is 2.30. The van der Waals surface area contributed by atoms with Crippen LogP contribution in [0.3, 0.4) is 0 Å². The molecule has 5 heteroatoms. The van der Waals surface area contributed by atoms with Gasteiger partial charge < -0.3 is 15.5 Å². The summed E-state index contributed by atoms with van der Waals surface area (Å²) in [5.41, 5.74) is -0.678. The Balaban J connectivity index is 3.24. The Morgan fingerprint density at radius 1 is 1.43 bits per heavy atom. The van der Waals surface area contributed by atoms with E-state index in [9.17, 15) is 14.7 Å². The second kappa shape index (κ2) is 4.27. The second-order valence-electron chi connectivity index (χ2n) is 2.30. The third kappa shape index (κ3) is 2.48. The minimum absolute atomic E-state index is 0.674. The normalized spacial score (nSPS) is 13.4. The molecule has 1 aromatic carbocycles. The van der Waals surface area contributed by atoms with E-state index in [0.29, 0.717) is 0 Å². The van der Waals surface area contributed by atoms with E-state index in [1.165, 1.54) is 0 Å². The number of carboxylic acids is 1. The molecule has 0 unspecified atom stereocenters. The van der Waals surface area contributed by atoms with Crippen molar-refractivity contribution < 1.29 is 25.3 Å². The topological polar surface area (TPSA) is 86.6 Å².